The summed E-state index contributed by atoms with van der Waals surface area (Å²) < 4.78 is 5.28. The first-order chi connectivity index (χ1) is 12.7. The van der Waals surface area contributed by atoms with Crippen molar-refractivity contribution < 1.29 is 4.74 Å². The van der Waals surface area contributed by atoms with Gasteiger partial charge in [-0.3, -0.25) is 4.99 Å². The Morgan fingerprint density at radius 1 is 1.30 bits per heavy atom. The summed E-state index contributed by atoms with van der Waals surface area (Å²) in [4.78, 5) is 11.6. The van der Waals surface area contributed by atoms with Crippen LogP contribution in [0.4, 0.5) is 5.13 Å². The third-order valence-corrected chi connectivity index (χ3v) is 6.65. The Morgan fingerprint density at radius 2 is 2.07 bits per heavy atom. The Balaban J connectivity index is 0.00000261. The van der Waals surface area contributed by atoms with Crippen LogP contribution >= 0.6 is 35.3 Å². The molecule has 0 atom stereocenters. The van der Waals surface area contributed by atoms with Gasteiger partial charge < -0.3 is 20.3 Å². The molecule has 1 saturated carbocycles. The number of halogens is 1. The number of methoxy groups -OCH3 is 1. The number of ether oxygens (including phenoxy) is 1. The Hall–Kier alpha value is -0.610. The lowest BCUT2D eigenvalue weighted by Crippen LogP contribution is -2.47. The van der Waals surface area contributed by atoms with Crippen molar-refractivity contribution in [2.45, 2.75) is 44.9 Å². The fourth-order valence-corrected chi connectivity index (χ4v) is 4.69. The van der Waals surface area contributed by atoms with E-state index < -0.39 is 0 Å². The molecule has 154 valence electrons. The zero-order valence-electron chi connectivity index (χ0n) is 16.6. The maximum Gasteiger partial charge on any atom is 0.191 e. The van der Waals surface area contributed by atoms with Crippen LogP contribution in [0.3, 0.4) is 0 Å². The molecule has 1 aliphatic carbocycles. The number of aromatic nitrogens is 1. The molecule has 2 N–H and O–H groups in total. The van der Waals surface area contributed by atoms with Crippen molar-refractivity contribution in [2.24, 2.45) is 10.4 Å². The van der Waals surface area contributed by atoms with E-state index >= 15 is 0 Å². The Morgan fingerprint density at radius 3 is 2.70 bits per heavy atom. The van der Waals surface area contributed by atoms with Gasteiger partial charge in [0.15, 0.2) is 11.1 Å². The number of nitrogens with one attached hydrogen (secondary N) is 2. The molecule has 2 aliphatic rings. The first-order valence-electron chi connectivity index (χ1n) is 9.87. The molecular formula is C19H34IN5OS. The number of guanidine groups is 1. The summed E-state index contributed by atoms with van der Waals surface area (Å²) in [5.74, 6) is 0.892. The molecule has 2 heterocycles. The van der Waals surface area contributed by atoms with Gasteiger partial charge in [-0.15, -0.1) is 35.3 Å². The minimum absolute atomic E-state index is 0. The molecule has 6 nitrogen and oxygen atoms in total. The second-order valence-electron chi connectivity index (χ2n) is 7.51. The quantitative estimate of drug-likeness (QED) is 0.305. The molecule has 8 heteroatoms. The van der Waals surface area contributed by atoms with Gasteiger partial charge in [-0.25, -0.2) is 4.98 Å². The summed E-state index contributed by atoms with van der Waals surface area (Å²) >= 11 is 1.77. The predicted octanol–water partition coefficient (Wildman–Crippen LogP) is 3.28. The van der Waals surface area contributed by atoms with E-state index in [0.717, 1.165) is 51.6 Å². The monoisotopic (exact) mass is 507 g/mol. The molecule has 0 unspecified atom stereocenters. The summed E-state index contributed by atoms with van der Waals surface area (Å²) in [7, 11) is 3.63. The average Bonchev–Trinajstić information content (AvgIpc) is 3.30. The third kappa shape index (κ3) is 6.45. The van der Waals surface area contributed by atoms with Gasteiger partial charge in [-0.2, -0.15) is 0 Å². The minimum atomic E-state index is 0. The Bertz CT molecular complexity index is 584. The average molecular weight is 507 g/mol. The smallest absolute Gasteiger partial charge is 0.191 e. The number of nitrogens with zero attached hydrogens (tertiary/aromatic N) is 3. The van der Waals surface area contributed by atoms with Crippen molar-refractivity contribution in [1.29, 1.82) is 0 Å². The second-order valence-corrected chi connectivity index (χ2v) is 8.35. The summed E-state index contributed by atoms with van der Waals surface area (Å²) in [5, 5.41) is 10.3. The van der Waals surface area contributed by atoms with E-state index in [1.807, 2.05) is 7.05 Å². The molecular weight excluding hydrogens is 473 g/mol. The number of rotatable bonds is 9. The predicted molar refractivity (Wildman–Crippen MR) is 125 cm³/mol. The Kier molecular flexibility index (Phi) is 9.58. The van der Waals surface area contributed by atoms with E-state index in [-0.39, 0.29) is 24.0 Å². The fraction of sp³-hybridized carbons (Fsp3) is 0.789. The van der Waals surface area contributed by atoms with Crippen LogP contribution in [-0.4, -0.2) is 57.9 Å². The highest BCUT2D eigenvalue weighted by Gasteiger charge is 2.36. The normalized spacial score (nSPS) is 18.7. The van der Waals surface area contributed by atoms with Crippen LogP contribution in [0.2, 0.25) is 0 Å². The van der Waals surface area contributed by atoms with E-state index in [9.17, 15) is 0 Å². The fourth-order valence-electron chi connectivity index (χ4n) is 3.78. The minimum Gasteiger partial charge on any atom is -0.385 e. The SMILES string of the molecule is CN=C(NCCc1csc(N2CCCC2)n1)NCC1(CCOC)CCC1.I. The van der Waals surface area contributed by atoms with Crippen LogP contribution in [0.1, 0.15) is 44.2 Å². The molecule has 27 heavy (non-hydrogen) atoms. The van der Waals surface area contributed by atoms with Crippen LogP contribution < -0.4 is 15.5 Å². The van der Waals surface area contributed by atoms with Gasteiger partial charge in [-0.1, -0.05) is 6.42 Å². The van der Waals surface area contributed by atoms with Crippen molar-refractivity contribution in [3.05, 3.63) is 11.1 Å². The molecule has 0 bridgehead atoms. The number of hydrogen-bond acceptors (Lipinski definition) is 5. The van der Waals surface area contributed by atoms with Gasteiger partial charge >= 0.3 is 0 Å². The zero-order valence-corrected chi connectivity index (χ0v) is 19.8. The molecule has 1 aliphatic heterocycles. The second kappa shape index (κ2) is 11.4. The number of aliphatic imine (C=N–C) groups is 1. The molecule has 3 rings (SSSR count). The van der Waals surface area contributed by atoms with Crippen LogP contribution in [-0.2, 0) is 11.2 Å². The summed E-state index contributed by atoms with van der Waals surface area (Å²) in [6.45, 7) is 5.00. The van der Waals surface area contributed by atoms with E-state index in [2.05, 4.69) is 25.9 Å². The van der Waals surface area contributed by atoms with Crippen LogP contribution in [0.5, 0.6) is 0 Å². The van der Waals surface area contributed by atoms with Crippen molar-refractivity contribution in [2.75, 3.05) is 51.8 Å². The van der Waals surface area contributed by atoms with Crippen molar-refractivity contribution in [3.8, 4) is 0 Å². The molecule has 0 radical (unpaired) electrons. The summed E-state index contributed by atoms with van der Waals surface area (Å²) in [6, 6.07) is 0. The highest BCUT2D eigenvalue weighted by molar-refractivity contribution is 14.0. The lowest BCUT2D eigenvalue weighted by molar-refractivity contribution is 0.0732. The van der Waals surface area contributed by atoms with Gasteiger partial charge in [0, 0.05) is 58.7 Å². The molecule has 0 aromatic carbocycles. The van der Waals surface area contributed by atoms with Crippen LogP contribution in [0.15, 0.2) is 10.4 Å². The summed E-state index contributed by atoms with van der Waals surface area (Å²) in [5.41, 5.74) is 1.57. The molecule has 0 amide bonds. The summed E-state index contributed by atoms with van der Waals surface area (Å²) in [6.07, 6.45) is 8.57. The number of hydrogen-bond donors (Lipinski definition) is 2. The van der Waals surface area contributed by atoms with E-state index in [4.69, 9.17) is 9.72 Å². The third-order valence-electron chi connectivity index (χ3n) is 5.69. The van der Waals surface area contributed by atoms with Crippen molar-refractivity contribution >= 4 is 46.4 Å². The van der Waals surface area contributed by atoms with Crippen LogP contribution in [0, 0.1) is 5.41 Å². The van der Waals surface area contributed by atoms with Crippen molar-refractivity contribution in [1.82, 2.24) is 15.6 Å². The first-order valence-corrected chi connectivity index (χ1v) is 10.8. The molecule has 1 aromatic heterocycles. The van der Waals surface area contributed by atoms with E-state index in [1.165, 1.54) is 42.9 Å². The van der Waals surface area contributed by atoms with Gasteiger partial charge in [0.25, 0.3) is 0 Å². The van der Waals surface area contributed by atoms with E-state index in [0.29, 0.717) is 5.41 Å². The van der Waals surface area contributed by atoms with Gasteiger partial charge in [0.2, 0.25) is 0 Å². The number of thiazole rings is 1. The Labute approximate surface area is 184 Å². The zero-order chi connectivity index (χ0) is 18.2. The van der Waals surface area contributed by atoms with Gasteiger partial charge in [-0.05, 0) is 37.5 Å². The van der Waals surface area contributed by atoms with Gasteiger partial charge in [0.05, 0.1) is 5.69 Å². The van der Waals surface area contributed by atoms with Gasteiger partial charge in [0.1, 0.15) is 0 Å². The topological polar surface area (TPSA) is 61.8 Å². The standard InChI is InChI=1S/C19H33N5OS.HI/c1-20-17(22-15-19(7-5-8-19)9-13-25-2)21-10-6-16-14-26-18(23-16)24-11-3-4-12-24;/h14H,3-13,15H2,1-2H3,(H2,20,21,22);1H. The molecule has 0 spiro atoms. The lowest BCUT2D eigenvalue weighted by Gasteiger charge is -2.42. The van der Waals surface area contributed by atoms with E-state index in [1.54, 1.807) is 18.4 Å². The maximum atomic E-state index is 5.28. The number of anilines is 1. The molecule has 2 fully saturated rings. The van der Waals surface area contributed by atoms with Crippen LogP contribution in [0.25, 0.3) is 0 Å². The lowest BCUT2D eigenvalue weighted by atomic mass is 9.67. The molecule has 1 saturated heterocycles. The largest absolute Gasteiger partial charge is 0.385 e. The van der Waals surface area contributed by atoms with Crippen molar-refractivity contribution in [3.63, 3.8) is 0 Å². The first kappa shape index (κ1) is 22.7. The molecule has 1 aromatic rings. The highest BCUT2D eigenvalue weighted by atomic mass is 127. The highest BCUT2D eigenvalue weighted by Crippen LogP contribution is 2.43. The maximum absolute atomic E-state index is 5.28.